The third-order valence-corrected chi connectivity index (χ3v) is 4.93. The van der Waals surface area contributed by atoms with Gasteiger partial charge in [-0.1, -0.05) is 13.3 Å². The van der Waals surface area contributed by atoms with Crippen molar-refractivity contribution in [1.82, 2.24) is 10.2 Å². The molecule has 94 valence electrons. The van der Waals surface area contributed by atoms with Crippen molar-refractivity contribution in [3.8, 4) is 0 Å². The van der Waals surface area contributed by atoms with Crippen LogP contribution in [0.1, 0.15) is 51.9 Å². The Balaban J connectivity index is 1.88. The molecule has 2 fully saturated rings. The Morgan fingerprint density at radius 1 is 1.00 bits per heavy atom. The van der Waals surface area contributed by atoms with E-state index in [0.29, 0.717) is 0 Å². The Kier molecular flexibility index (Phi) is 4.26. The molecule has 0 amide bonds. The van der Waals surface area contributed by atoms with Crippen molar-refractivity contribution >= 4 is 0 Å². The minimum atomic E-state index is 0.740. The van der Waals surface area contributed by atoms with Gasteiger partial charge in [0.1, 0.15) is 0 Å². The molecule has 0 aliphatic heterocycles. The average molecular weight is 224 g/mol. The van der Waals surface area contributed by atoms with Crippen LogP contribution in [0.15, 0.2) is 0 Å². The van der Waals surface area contributed by atoms with Gasteiger partial charge in [0.25, 0.3) is 0 Å². The number of rotatable bonds is 3. The maximum absolute atomic E-state index is 3.50. The fraction of sp³-hybridized carbons (Fsp3) is 1.00. The molecule has 16 heavy (non-hydrogen) atoms. The van der Waals surface area contributed by atoms with Gasteiger partial charge >= 0.3 is 0 Å². The second-order valence-electron chi connectivity index (χ2n) is 5.97. The lowest BCUT2D eigenvalue weighted by Crippen LogP contribution is -2.49. The molecule has 2 rings (SSSR count). The predicted molar refractivity (Wildman–Crippen MR) is 69.7 cm³/mol. The first-order valence-electron chi connectivity index (χ1n) is 7.11. The normalized spacial score (nSPS) is 40.5. The monoisotopic (exact) mass is 224 g/mol. The zero-order chi connectivity index (χ0) is 11.5. The van der Waals surface area contributed by atoms with Gasteiger partial charge in [0.2, 0.25) is 0 Å². The van der Waals surface area contributed by atoms with Crippen LogP contribution in [0.25, 0.3) is 0 Å². The van der Waals surface area contributed by atoms with Crippen LogP contribution in [-0.4, -0.2) is 37.1 Å². The van der Waals surface area contributed by atoms with Gasteiger partial charge in [-0.2, -0.15) is 0 Å². The highest BCUT2D eigenvalue weighted by atomic mass is 15.2. The first kappa shape index (κ1) is 12.4. The smallest absolute Gasteiger partial charge is 0.0249 e. The lowest BCUT2D eigenvalue weighted by molar-refractivity contribution is 0.112. The number of nitrogens with one attached hydrogen (secondary N) is 1. The van der Waals surface area contributed by atoms with Gasteiger partial charge in [-0.15, -0.1) is 0 Å². The molecule has 2 saturated carbocycles. The summed E-state index contributed by atoms with van der Waals surface area (Å²) < 4.78 is 0. The zero-order valence-corrected chi connectivity index (χ0v) is 11.2. The van der Waals surface area contributed by atoms with Gasteiger partial charge in [0.05, 0.1) is 0 Å². The molecule has 0 saturated heterocycles. The zero-order valence-electron chi connectivity index (χ0n) is 11.2. The summed E-state index contributed by atoms with van der Waals surface area (Å²) in [5.74, 6) is 0.966. The van der Waals surface area contributed by atoms with Crippen LogP contribution in [0.4, 0.5) is 0 Å². The van der Waals surface area contributed by atoms with Crippen molar-refractivity contribution in [3.05, 3.63) is 0 Å². The van der Waals surface area contributed by atoms with E-state index in [9.17, 15) is 0 Å². The molecule has 0 bridgehead atoms. The average Bonchev–Trinajstić information content (AvgIpc) is 2.77. The summed E-state index contributed by atoms with van der Waals surface area (Å²) in [5.41, 5.74) is 0. The Hall–Kier alpha value is -0.0800. The van der Waals surface area contributed by atoms with E-state index in [1.54, 1.807) is 0 Å². The highest BCUT2D eigenvalue weighted by Gasteiger charge is 2.33. The highest BCUT2D eigenvalue weighted by Crippen LogP contribution is 2.31. The molecule has 0 heterocycles. The van der Waals surface area contributed by atoms with Crippen molar-refractivity contribution in [2.24, 2.45) is 5.92 Å². The van der Waals surface area contributed by atoms with Gasteiger partial charge in [-0.3, -0.25) is 4.90 Å². The largest absolute Gasteiger partial charge is 0.315 e. The first-order valence-corrected chi connectivity index (χ1v) is 7.11. The summed E-state index contributed by atoms with van der Waals surface area (Å²) in [6.07, 6.45) is 9.89. The molecule has 1 N–H and O–H groups in total. The summed E-state index contributed by atoms with van der Waals surface area (Å²) in [4.78, 5) is 2.69. The summed E-state index contributed by atoms with van der Waals surface area (Å²) in [5, 5.41) is 3.50. The van der Waals surface area contributed by atoms with Crippen LogP contribution < -0.4 is 5.32 Å². The molecule has 0 aromatic carbocycles. The number of nitrogens with zero attached hydrogens (tertiary/aromatic N) is 1. The Morgan fingerprint density at radius 2 is 1.69 bits per heavy atom. The Labute approximate surface area is 101 Å². The standard InChI is InChI=1S/C14H28N2/c1-11-7-9-12(10-8-11)16(3)14-6-4-5-13(14)15-2/h11-15H,4-10H2,1-3H3. The van der Waals surface area contributed by atoms with E-state index >= 15 is 0 Å². The first-order chi connectivity index (χ1) is 7.72. The van der Waals surface area contributed by atoms with Crippen LogP contribution in [0.2, 0.25) is 0 Å². The summed E-state index contributed by atoms with van der Waals surface area (Å²) >= 11 is 0. The number of hydrogen-bond acceptors (Lipinski definition) is 2. The van der Waals surface area contributed by atoms with Crippen molar-refractivity contribution in [2.75, 3.05) is 14.1 Å². The Bertz CT molecular complexity index is 209. The van der Waals surface area contributed by atoms with E-state index in [0.717, 1.165) is 24.0 Å². The molecule has 2 aliphatic carbocycles. The van der Waals surface area contributed by atoms with Gasteiger partial charge in [0.15, 0.2) is 0 Å². The van der Waals surface area contributed by atoms with Gasteiger partial charge in [0, 0.05) is 18.1 Å². The molecule has 0 radical (unpaired) electrons. The lowest BCUT2D eigenvalue weighted by atomic mass is 9.86. The molecular weight excluding hydrogens is 196 g/mol. The van der Waals surface area contributed by atoms with Crippen LogP contribution in [0, 0.1) is 5.92 Å². The van der Waals surface area contributed by atoms with E-state index in [1.165, 1.54) is 44.9 Å². The number of likely N-dealkylation sites (N-methyl/N-ethyl adjacent to an activating group) is 2. The number of hydrogen-bond donors (Lipinski definition) is 1. The predicted octanol–water partition coefficient (Wildman–Crippen LogP) is 2.64. The van der Waals surface area contributed by atoms with Crippen LogP contribution in [0.3, 0.4) is 0 Å². The molecular formula is C14H28N2. The molecule has 2 unspecified atom stereocenters. The van der Waals surface area contributed by atoms with Gasteiger partial charge in [-0.05, 0) is 58.5 Å². The SMILES string of the molecule is CNC1CCCC1N(C)C1CCC(C)CC1. The van der Waals surface area contributed by atoms with Crippen molar-refractivity contribution in [3.63, 3.8) is 0 Å². The van der Waals surface area contributed by atoms with E-state index in [-0.39, 0.29) is 0 Å². The lowest BCUT2D eigenvalue weighted by Gasteiger charge is -2.39. The fourth-order valence-electron chi connectivity index (χ4n) is 3.69. The summed E-state index contributed by atoms with van der Waals surface area (Å²) in [6.45, 7) is 2.40. The maximum atomic E-state index is 3.50. The molecule has 0 aromatic heterocycles. The van der Waals surface area contributed by atoms with E-state index in [2.05, 4.69) is 31.2 Å². The molecule has 0 aromatic rings. The summed E-state index contributed by atoms with van der Waals surface area (Å²) in [6, 6.07) is 2.39. The molecule has 2 nitrogen and oxygen atoms in total. The van der Waals surface area contributed by atoms with Crippen molar-refractivity contribution in [1.29, 1.82) is 0 Å². The molecule has 2 heteroatoms. The third-order valence-electron chi connectivity index (χ3n) is 4.93. The van der Waals surface area contributed by atoms with Crippen molar-refractivity contribution in [2.45, 2.75) is 70.0 Å². The minimum Gasteiger partial charge on any atom is -0.315 e. The molecule has 0 spiro atoms. The Morgan fingerprint density at radius 3 is 2.31 bits per heavy atom. The minimum absolute atomic E-state index is 0.740. The highest BCUT2D eigenvalue weighted by molar-refractivity contribution is 4.91. The van der Waals surface area contributed by atoms with Crippen LogP contribution in [0.5, 0.6) is 0 Å². The summed E-state index contributed by atoms with van der Waals surface area (Å²) in [7, 11) is 4.49. The molecule has 2 atom stereocenters. The van der Waals surface area contributed by atoms with Gasteiger partial charge < -0.3 is 5.32 Å². The van der Waals surface area contributed by atoms with Crippen LogP contribution in [-0.2, 0) is 0 Å². The van der Waals surface area contributed by atoms with Crippen molar-refractivity contribution < 1.29 is 0 Å². The van der Waals surface area contributed by atoms with E-state index in [1.807, 2.05) is 0 Å². The van der Waals surface area contributed by atoms with Crippen LogP contribution >= 0.6 is 0 Å². The quantitative estimate of drug-likeness (QED) is 0.793. The van der Waals surface area contributed by atoms with Gasteiger partial charge in [-0.25, -0.2) is 0 Å². The maximum Gasteiger partial charge on any atom is 0.0249 e. The topological polar surface area (TPSA) is 15.3 Å². The van der Waals surface area contributed by atoms with E-state index in [4.69, 9.17) is 0 Å². The van der Waals surface area contributed by atoms with E-state index < -0.39 is 0 Å². The fourth-order valence-corrected chi connectivity index (χ4v) is 3.69. The second-order valence-corrected chi connectivity index (χ2v) is 5.97. The second kappa shape index (κ2) is 5.50. The third kappa shape index (κ3) is 2.60. The molecule has 2 aliphatic rings.